The van der Waals surface area contributed by atoms with Gasteiger partial charge in [0.05, 0.1) is 6.10 Å². The van der Waals surface area contributed by atoms with E-state index in [-0.39, 0.29) is 12.7 Å². The third-order valence-electron chi connectivity index (χ3n) is 6.93. The van der Waals surface area contributed by atoms with Crippen LogP contribution in [0.1, 0.15) is 175 Å². The van der Waals surface area contributed by atoms with Crippen molar-refractivity contribution in [3.05, 3.63) is 0 Å². The fraction of sp³-hybridized carbons (Fsp3) is 0.968. The first-order valence-corrected chi connectivity index (χ1v) is 15.5. The van der Waals surface area contributed by atoms with Crippen LogP contribution < -0.4 is 0 Å². The van der Waals surface area contributed by atoms with Crippen LogP contribution in [0.3, 0.4) is 0 Å². The van der Waals surface area contributed by atoms with E-state index in [4.69, 9.17) is 15.3 Å². The Morgan fingerprint density at radius 2 is 0.914 bits per heavy atom. The lowest BCUT2D eigenvalue weighted by Crippen LogP contribution is -2.08. The Bertz CT molecular complexity index is 397. The smallest absolute Gasteiger partial charge is 0.303 e. The quantitative estimate of drug-likeness (QED) is 0.103. The molecule has 0 aliphatic carbocycles. The minimum atomic E-state index is -0.605. The maximum atomic E-state index is 11.1. The second-order valence-corrected chi connectivity index (χ2v) is 10.8. The summed E-state index contributed by atoms with van der Waals surface area (Å²) in [4.78, 5) is 11.1. The molecule has 0 aliphatic heterocycles. The Balaban J connectivity index is 0. The highest BCUT2D eigenvalue weighted by Gasteiger charge is 2.12. The minimum Gasteiger partial charge on any atom is -0.481 e. The highest BCUT2D eigenvalue weighted by Crippen LogP contribution is 2.22. The van der Waals surface area contributed by atoms with Crippen molar-refractivity contribution in [1.82, 2.24) is 0 Å². The lowest BCUT2D eigenvalue weighted by Gasteiger charge is -2.14. The predicted octanol–water partition coefficient (Wildman–Crippen LogP) is 9.45. The fourth-order valence-corrected chi connectivity index (χ4v) is 4.63. The van der Waals surface area contributed by atoms with Gasteiger partial charge in [-0.3, -0.25) is 4.79 Å². The number of aliphatic hydroxyl groups is 2. The third kappa shape index (κ3) is 35.6. The summed E-state index contributed by atoms with van der Waals surface area (Å²) in [5.74, 6) is -0.191. The number of aliphatic hydroxyl groups excluding tert-OH is 2. The zero-order valence-electron chi connectivity index (χ0n) is 24.1. The van der Waals surface area contributed by atoms with Gasteiger partial charge in [-0.05, 0) is 44.9 Å². The molecule has 0 rings (SSSR count). The molecular weight excluding hydrogens is 436 g/mol. The molecule has 2 unspecified atom stereocenters. The average Bonchev–Trinajstić information content (AvgIpc) is 2.82. The van der Waals surface area contributed by atoms with Gasteiger partial charge in [-0.25, -0.2) is 0 Å². The molecule has 0 fully saturated rings. The summed E-state index contributed by atoms with van der Waals surface area (Å²) in [7, 11) is 0. The molecule has 35 heavy (non-hydrogen) atoms. The number of hydrogen-bond acceptors (Lipinski definition) is 3. The maximum Gasteiger partial charge on any atom is 0.303 e. The molecule has 0 aromatic heterocycles. The average molecular weight is 501 g/mol. The number of unbranched alkanes of at least 4 members (excludes halogenated alkanes) is 17. The van der Waals surface area contributed by atoms with E-state index in [0.29, 0.717) is 12.3 Å². The minimum absolute atomic E-state index is 0.207. The first-order chi connectivity index (χ1) is 17.0. The molecule has 3 N–H and O–H groups in total. The van der Waals surface area contributed by atoms with Crippen molar-refractivity contribution in [2.75, 3.05) is 6.61 Å². The molecule has 0 aliphatic rings. The van der Waals surface area contributed by atoms with Crippen LogP contribution in [-0.4, -0.2) is 34.0 Å². The first kappa shape index (κ1) is 36.5. The normalized spacial score (nSPS) is 12.7. The molecule has 0 bridgehead atoms. The highest BCUT2D eigenvalue weighted by molar-refractivity contribution is 5.66. The highest BCUT2D eigenvalue weighted by atomic mass is 16.4. The van der Waals surface area contributed by atoms with E-state index in [2.05, 4.69) is 13.8 Å². The number of hydrogen-bond donors (Lipinski definition) is 3. The van der Waals surface area contributed by atoms with Crippen LogP contribution in [-0.2, 0) is 4.79 Å². The van der Waals surface area contributed by atoms with E-state index >= 15 is 0 Å². The summed E-state index contributed by atoms with van der Waals surface area (Å²) in [6, 6.07) is 0. The maximum absolute atomic E-state index is 11.1. The zero-order valence-corrected chi connectivity index (χ0v) is 24.1. The van der Waals surface area contributed by atoms with Crippen molar-refractivity contribution in [1.29, 1.82) is 0 Å². The summed E-state index contributed by atoms with van der Waals surface area (Å²) in [5, 5.41) is 26.2. The second-order valence-electron chi connectivity index (χ2n) is 10.8. The SMILES string of the molecule is CC(O)CCCCO.CCCCCCCCCCCCC(CCCCCCCCCC)CC(=O)O. The number of carboxylic acids is 1. The molecule has 0 saturated heterocycles. The molecule has 0 heterocycles. The molecule has 0 aromatic carbocycles. The van der Waals surface area contributed by atoms with Gasteiger partial charge >= 0.3 is 5.97 Å². The molecule has 0 amide bonds. The van der Waals surface area contributed by atoms with E-state index in [0.717, 1.165) is 32.1 Å². The van der Waals surface area contributed by atoms with Gasteiger partial charge in [0.2, 0.25) is 0 Å². The van der Waals surface area contributed by atoms with Gasteiger partial charge in [-0.15, -0.1) is 0 Å². The molecule has 0 saturated carbocycles. The van der Waals surface area contributed by atoms with Crippen LogP contribution in [0, 0.1) is 5.92 Å². The van der Waals surface area contributed by atoms with E-state index < -0.39 is 5.97 Å². The number of carboxylic acid groups (broad SMARTS) is 1. The Morgan fingerprint density at radius 3 is 1.23 bits per heavy atom. The van der Waals surface area contributed by atoms with Crippen molar-refractivity contribution < 1.29 is 20.1 Å². The summed E-state index contributed by atoms with van der Waals surface area (Å²) in [5.41, 5.74) is 0. The lowest BCUT2D eigenvalue weighted by atomic mass is 9.91. The fourth-order valence-electron chi connectivity index (χ4n) is 4.63. The van der Waals surface area contributed by atoms with Crippen LogP contribution in [0.5, 0.6) is 0 Å². The van der Waals surface area contributed by atoms with Gasteiger partial charge < -0.3 is 15.3 Å². The molecular formula is C31H64O4. The van der Waals surface area contributed by atoms with Crippen molar-refractivity contribution in [3.8, 4) is 0 Å². The van der Waals surface area contributed by atoms with E-state index in [9.17, 15) is 4.79 Å². The summed E-state index contributed by atoms with van der Waals surface area (Å²) >= 11 is 0. The molecule has 0 aromatic rings. The van der Waals surface area contributed by atoms with Gasteiger partial charge in [0.15, 0.2) is 0 Å². The topological polar surface area (TPSA) is 77.8 Å². The van der Waals surface area contributed by atoms with E-state index in [1.54, 1.807) is 6.92 Å². The summed E-state index contributed by atoms with van der Waals surface area (Å²) < 4.78 is 0. The van der Waals surface area contributed by atoms with Crippen molar-refractivity contribution >= 4 is 5.97 Å². The number of rotatable bonds is 26. The predicted molar refractivity (Wildman–Crippen MR) is 152 cm³/mol. The van der Waals surface area contributed by atoms with Crippen LogP contribution in [0.15, 0.2) is 0 Å². The number of aliphatic carboxylic acids is 1. The van der Waals surface area contributed by atoms with Crippen LogP contribution >= 0.6 is 0 Å². The Morgan fingerprint density at radius 1 is 0.571 bits per heavy atom. The summed E-state index contributed by atoms with van der Waals surface area (Å²) in [6.45, 7) is 6.54. The van der Waals surface area contributed by atoms with Crippen molar-refractivity contribution in [2.45, 2.75) is 181 Å². The molecule has 0 spiro atoms. The lowest BCUT2D eigenvalue weighted by molar-refractivity contribution is -0.138. The molecule has 2 atom stereocenters. The summed E-state index contributed by atoms with van der Waals surface area (Å²) in [6.07, 6.45) is 29.2. The molecule has 212 valence electrons. The van der Waals surface area contributed by atoms with E-state index in [1.165, 1.54) is 116 Å². The van der Waals surface area contributed by atoms with Crippen molar-refractivity contribution in [2.24, 2.45) is 5.92 Å². The Labute approximate surface area is 219 Å². The van der Waals surface area contributed by atoms with Gasteiger partial charge in [0.25, 0.3) is 0 Å². The van der Waals surface area contributed by atoms with Gasteiger partial charge in [0.1, 0.15) is 0 Å². The van der Waals surface area contributed by atoms with Gasteiger partial charge in [0, 0.05) is 13.0 Å². The van der Waals surface area contributed by atoms with Gasteiger partial charge in [-0.2, -0.15) is 0 Å². The second kappa shape index (κ2) is 31.4. The Hall–Kier alpha value is -0.610. The van der Waals surface area contributed by atoms with Gasteiger partial charge in [-0.1, -0.05) is 129 Å². The third-order valence-corrected chi connectivity index (χ3v) is 6.93. The first-order valence-electron chi connectivity index (χ1n) is 15.5. The largest absolute Gasteiger partial charge is 0.481 e. The molecule has 4 nitrogen and oxygen atoms in total. The molecule has 0 radical (unpaired) electrons. The van der Waals surface area contributed by atoms with Crippen LogP contribution in [0.25, 0.3) is 0 Å². The standard InChI is InChI=1S/C25H50O2.C6H14O2/c1-3-5-7-9-11-13-14-16-18-20-22-24(23-25(26)27)21-19-17-15-12-10-8-6-4-2;1-6(8)4-2-3-5-7/h24H,3-23H2,1-2H3,(H,26,27);6-8H,2-5H2,1H3. The van der Waals surface area contributed by atoms with Crippen LogP contribution in [0.4, 0.5) is 0 Å². The molecule has 4 heteroatoms. The number of carbonyl (C=O) groups is 1. The van der Waals surface area contributed by atoms with Crippen molar-refractivity contribution in [3.63, 3.8) is 0 Å². The monoisotopic (exact) mass is 500 g/mol. The van der Waals surface area contributed by atoms with Crippen LogP contribution in [0.2, 0.25) is 0 Å². The Kier molecular flexibility index (Phi) is 32.8. The zero-order chi connectivity index (χ0) is 26.4. The van der Waals surface area contributed by atoms with E-state index in [1.807, 2.05) is 0 Å².